The van der Waals surface area contributed by atoms with Gasteiger partial charge in [0.2, 0.25) is 10.0 Å². The molecule has 0 unspecified atom stereocenters. The first-order valence-electron chi connectivity index (χ1n) is 7.92. The molecule has 0 aliphatic rings. The molecule has 0 heterocycles. The van der Waals surface area contributed by atoms with Gasteiger partial charge in [0.05, 0.1) is 18.2 Å². The smallest absolute Gasteiger partial charge is 0.271 e. The van der Waals surface area contributed by atoms with E-state index in [0.717, 1.165) is 22.1 Å². The van der Waals surface area contributed by atoms with Crippen molar-refractivity contribution in [2.75, 3.05) is 7.11 Å². The highest BCUT2D eigenvalue weighted by atomic mass is 32.2. The summed E-state index contributed by atoms with van der Waals surface area (Å²) in [6, 6.07) is 16.7. The highest BCUT2D eigenvalue weighted by Gasteiger charge is 2.10. The summed E-state index contributed by atoms with van der Waals surface area (Å²) in [6.45, 7) is 0. The Morgan fingerprint density at radius 1 is 1.04 bits per heavy atom. The zero-order chi connectivity index (χ0) is 19.4. The van der Waals surface area contributed by atoms with Crippen LogP contribution in [0.4, 0.5) is 0 Å². The second-order valence-corrected chi connectivity index (χ2v) is 7.23. The third-order valence-electron chi connectivity index (χ3n) is 3.95. The van der Waals surface area contributed by atoms with Crippen LogP contribution < -0.4 is 15.3 Å². The average molecular weight is 383 g/mol. The molecule has 0 aliphatic heterocycles. The number of benzene rings is 3. The second kappa shape index (κ2) is 7.56. The van der Waals surface area contributed by atoms with Gasteiger partial charge in [0.25, 0.3) is 5.91 Å². The van der Waals surface area contributed by atoms with E-state index in [1.54, 1.807) is 13.3 Å². The number of sulfonamides is 1. The maximum atomic E-state index is 12.1. The van der Waals surface area contributed by atoms with Crippen molar-refractivity contribution in [2.45, 2.75) is 4.90 Å². The number of amides is 1. The third kappa shape index (κ3) is 4.13. The van der Waals surface area contributed by atoms with Crippen LogP contribution in [0.5, 0.6) is 5.75 Å². The number of carbonyl (C=O) groups is 1. The van der Waals surface area contributed by atoms with Gasteiger partial charge in [-0.3, -0.25) is 4.79 Å². The Labute approximate surface area is 156 Å². The molecule has 3 N–H and O–H groups in total. The quantitative estimate of drug-likeness (QED) is 0.520. The molecule has 0 spiro atoms. The molecule has 1 amide bonds. The highest BCUT2D eigenvalue weighted by Crippen LogP contribution is 2.27. The summed E-state index contributed by atoms with van der Waals surface area (Å²) in [5.74, 6) is 0.284. The number of hydrogen-bond donors (Lipinski definition) is 2. The summed E-state index contributed by atoms with van der Waals surface area (Å²) >= 11 is 0. The highest BCUT2D eigenvalue weighted by molar-refractivity contribution is 7.89. The van der Waals surface area contributed by atoms with Crippen molar-refractivity contribution in [3.63, 3.8) is 0 Å². The average Bonchev–Trinajstić information content (AvgIpc) is 2.67. The van der Waals surface area contributed by atoms with Gasteiger partial charge >= 0.3 is 0 Å². The first kappa shape index (κ1) is 18.6. The van der Waals surface area contributed by atoms with E-state index in [4.69, 9.17) is 9.88 Å². The number of nitrogens with two attached hydrogens (primary N) is 1. The van der Waals surface area contributed by atoms with Gasteiger partial charge < -0.3 is 4.74 Å². The van der Waals surface area contributed by atoms with Crippen LogP contribution in [0.1, 0.15) is 15.9 Å². The van der Waals surface area contributed by atoms with Crippen molar-refractivity contribution in [3.8, 4) is 5.75 Å². The van der Waals surface area contributed by atoms with Gasteiger partial charge in [0, 0.05) is 16.5 Å². The minimum atomic E-state index is -3.80. The molecule has 3 aromatic carbocycles. The summed E-state index contributed by atoms with van der Waals surface area (Å²) in [7, 11) is -2.19. The van der Waals surface area contributed by atoms with E-state index >= 15 is 0 Å². The van der Waals surface area contributed by atoms with Crippen LogP contribution in [0.25, 0.3) is 10.8 Å². The molecule has 0 saturated carbocycles. The monoisotopic (exact) mass is 383 g/mol. The summed E-state index contributed by atoms with van der Waals surface area (Å²) in [4.78, 5) is 12.1. The largest absolute Gasteiger partial charge is 0.496 e. The maximum absolute atomic E-state index is 12.1. The van der Waals surface area contributed by atoms with Crippen LogP contribution in [-0.4, -0.2) is 27.6 Å². The van der Waals surface area contributed by atoms with Crippen molar-refractivity contribution >= 4 is 32.9 Å². The zero-order valence-corrected chi connectivity index (χ0v) is 15.2. The van der Waals surface area contributed by atoms with E-state index in [-0.39, 0.29) is 10.5 Å². The molecule has 0 radical (unpaired) electrons. The van der Waals surface area contributed by atoms with E-state index in [0.29, 0.717) is 0 Å². The Hall–Kier alpha value is -3.23. The lowest BCUT2D eigenvalue weighted by Gasteiger charge is -2.07. The van der Waals surface area contributed by atoms with Crippen LogP contribution in [-0.2, 0) is 10.0 Å². The summed E-state index contributed by atoms with van der Waals surface area (Å²) in [5, 5.41) is 10.9. The molecule has 0 fully saturated rings. The number of hydrogen-bond acceptors (Lipinski definition) is 5. The van der Waals surface area contributed by atoms with Crippen molar-refractivity contribution in [1.82, 2.24) is 5.43 Å². The molecule has 3 rings (SSSR count). The minimum absolute atomic E-state index is 0.0627. The topological polar surface area (TPSA) is 111 Å². The van der Waals surface area contributed by atoms with Gasteiger partial charge in [-0.05, 0) is 41.8 Å². The van der Waals surface area contributed by atoms with Gasteiger partial charge in [-0.2, -0.15) is 5.10 Å². The number of nitrogens with zero attached hydrogens (tertiary/aromatic N) is 1. The Morgan fingerprint density at radius 3 is 2.33 bits per heavy atom. The minimum Gasteiger partial charge on any atom is -0.496 e. The number of rotatable bonds is 5. The lowest BCUT2D eigenvalue weighted by Crippen LogP contribution is -2.18. The molecule has 8 heteroatoms. The lowest BCUT2D eigenvalue weighted by atomic mass is 10.0. The number of nitrogens with one attached hydrogen (secondary N) is 1. The Morgan fingerprint density at radius 2 is 1.70 bits per heavy atom. The Balaban J connectivity index is 1.78. The molecular formula is C19H17N3O4S. The van der Waals surface area contributed by atoms with E-state index in [2.05, 4.69) is 10.5 Å². The van der Waals surface area contributed by atoms with E-state index in [1.807, 2.05) is 36.4 Å². The molecular weight excluding hydrogens is 366 g/mol. The molecule has 0 aromatic heterocycles. The van der Waals surface area contributed by atoms with E-state index in [1.165, 1.54) is 24.3 Å². The number of carbonyl (C=O) groups excluding carboxylic acids is 1. The fourth-order valence-electron chi connectivity index (χ4n) is 2.61. The molecule has 138 valence electrons. The molecule has 27 heavy (non-hydrogen) atoms. The van der Waals surface area contributed by atoms with Gasteiger partial charge in [-0.1, -0.05) is 24.3 Å². The van der Waals surface area contributed by atoms with Crippen LogP contribution in [0.3, 0.4) is 0 Å². The van der Waals surface area contributed by atoms with Gasteiger partial charge in [0.15, 0.2) is 0 Å². The van der Waals surface area contributed by atoms with E-state index in [9.17, 15) is 13.2 Å². The van der Waals surface area contributed by atoms with Crippen molar-refractivity contribution < 1.29 is 17.9 Å². The molecule has 7 nitrogen and oxygen atoms in total. The van der Waals surface area contributed by atoms with Gasteiger partial charge in [0.1, 0.15) is 5.75 Å². The molecule has 0 aliphatic carbocycles. The molecule has 3 aromatic rings. The summed E-state index contributed by atoms with van der Waals surface area (Å²) in [5.41, 5.74) is 3.50. The normalized spacial score (nSPS) is 11.6. The third-order valence-corrected chi connectivity index (χ3v) is 4.88. The second-order valence-electron chi connectivity index (χ2n) is 5.67. The zero-order valence-electron chi connectivity index (χ0n) is 14.4. The predicted molar refractivity (Wildman–Crippen MR) is 103 cm³/mol. The SMILES string of the molecule is COc1ccc(/C=N/NC(=O)c2ccc(S(N)(=O)=O)cc2)c2ccccc12. The fraction of sp³-hybridized carbons (Fsp3) is 0.0526. The first-order valence-corrected chi connectivity index (χ1v) is 9.47. The number of hydrazone groups is 1. The number of ether oxygens (including phenoxy) is 1. The maximum Gasteiger partial charge on any atom is 0.271 e. The van der Waals surface area contributed by atoms with Crippen molar-refractivity contribution in [1.29, 1.82) is 0 Å². The van der Waals surface area contributed by atoms with E-state index < -0.39 is 15.9 Å². The number of fused-ring (bicyclic) bond motifs is 1. The predicted octanol–water partition coefficient (Wildman–Crippen LogP) is 2.26. The standard InChI is InChI=1S/C19H17N3O4S/c1-26-18-11-8-14(16-4-2-3-5-17(16)18)12-21-22-19(23)13-6-9-15(10-7-13)27(20,24)25/h2-12H,1H3,(H,22,23)(H2,20,24,25)/b21-12+. The summed E-state index contributed by atoms with van der Waals surface area (Å²) < 4.78 is 27.8. The molecule has 0 atom stereocenters. The first-order chi connectivity index (χ1) is 12.9. The van der Waals surface area contributed by atoms with Gasteiger partial charge in [-0.25, -0.2) is 19.0 Å². The Kier molecular flexibility index (Phi) is 5.20. The van der Waals surface area contributed by atoms with Crippen molar-refractivity contribution in [3.05, 3.63) is 71.8 Å². The number of methoxy groups -OCH3 is 1. The fourth-order valence-corrected chi connectivity index (χ4v) is 3.12. The van der Waals surface area contributed by atoms with Crippen LogP contribution in [0.2, 0.25) is 0 Å². The summed E-state index contributed by atoms with van der Waals surface area (Å²) in [6.07, 6.45) is 1.54. The molecule has 0 bridgehead atoms. The van der Waals surface area contributed by atoms with Crippen LogP contribution in [0, 0.1) is 0 Å². The number of primary sulfonamides is 1. The van der Waals surface area contributed by atoms with Crippen LogP contribution >= 0.6 is 0 Å². The van der Waals surface area contributed by atoms with Gasteiger partial charge in [-0.15, -0.1) is 0 Å². The Bertz CT molecular complexity index is 1120. The van der Waals surface area contributed by atoms with Crippen molar-refractivity contribution in [2.24, 2.45) is 10.2 Å². The molecule has 0 saturated heterocycles. The lowest BCUT2D eigenvalue weighted by molar-refractivity contribution is 0.0955. The van der Waals surface area contributed by atoms with Crippen LogP contribution in [0.15, 0.2) is 70.7 Å².